The number of hydrogen-bond donors (Lipinski definition) is 1. The van der Waals surface area contributed by atoms with Crippen molar-refractivity contribution in [3.05, 3.63) is 53.0 Å². The van der Waals surface area contributed by atoms with Crippen molar-refractivity contribution in [3.8, 4) is 11.1 Å². The summed E-state index contributed by atoms with van der Waals surface area (Å²) in [6.45, 7) is 5.85. The summed E-state index contributed by atoms with van der Waals surface area (Å²) in [6, 6.07) is 7.83. The molecule has 22 heavy (non-hydrogen) atoms. The lowest BCUT2D eigenvalue weighted by molar-refractivity contribution is 0.428. The molecule has 0 amide bonds. The molecule has 0 aliphatic rings. The van der Waals surface area contributed by atoms with Gasteiger partial charge in [-0.15, -0.1) is 0 Å². The molecule has 2 aromatic carbocycles. The van der Waals surface area contributed by atoms with E-state index in [1.165, 1.54) is 18.4 Å². The highest BCUT2D eigenvalue weighted by Gasteiger charge is 2.18. The maximum atomic E-state index is 13.5. The van der Waals surface area contributed by atoms with Crippen molar-refractivity contribution in [1.29, 1.82) is 0 Å². The summed E-state index contributed by atoms with van der Waals surface area (Å²) in [5.74, 6) is -0.315. The number of aromatic nitrogens is 1. The van der Waals surface area contributed by atoms with Crippen LogP contribution in [0.1, 0.15) is 32.4 Å². The standard InChI is InChI=1S/C15H12ClFN2O.C2H6/c1-8(18)11-6-13(16)12-7-20-19-15(12)14(11)9-3-2-4-10(17)5-9;1-2/h2-8H,18H2,1H3;1-2H3. The highest BCUT2D eigenvalue weighted by atomic mass is 35.5. The summed E-state index contributed by atoms with van der Waals surface area (Å²) in [4.78, 5) is 0. The zero-order valence-electron chi connectivity index (χ0n) is 12.7. The van der Waals surface area contributed by atoms with Crippen molar-refractivity contribution in [2.24, 2.45) is 5.73 Å². The second-order valence-electron chi connectivity index (χ2n) is 4.70. The van der Waals surface area contributed by atoms with Crippen LogP contribution in [-0.4, -0.2) is 5.16 Å². The normalized spacial score (nSPS) is 11.9. The van der Waals surface area contributed by atoms with E-state index < -0.39 is 0 Å². The van der Waals surface area contributed by atoms with E-state index in [1.807, 2.05) is 26.8 Å². The van der Waals surface area contributed by atoms with Gasteiger partial charge in [-0.2, -0.15) is 0 Å². The summed E-state index contributed by atoms with van der Waals surface area (Å²) in [7, 11) is 0. The quantitative estimate of drug-likeness (QED) is 0.694. The largest absolute Gasteiger partial charge is 0.363 e. The third-order valence-electron chi connectivity index (χ3n) is 3.24. The fourth-order valence-corrected chi connectivity index (χ4v) is 2.57. The Hall–Kier alpha value is -1.91. The first kappa shape index (κ1) is 16.5. The summed E-state index contributed by atoms with van der Waals surface area (Å²) in [5, 5.41) is 5.20. The van der Waals surface area contributed by atoms with Gasteiger partial charge in [-0.1, -0.05) is 42.7 Å². The van der Waals surface area contributed by atoms with Crippen LogP contribution in [0.2, 0.25) is 5.02 Å². The van der Waals surface area contributed by atoms with Gasteiger partial charge in [0.15, 0.2) is 0 Å². The number of hydrogen-bond acceptors (Lipinski definition) is 3. The number of nitrogens with two attached hydrogens (primary N) is 1. The highest BCUT2D eigenvalue weighted by Crippen LogP contribution is 2.38. The fourth-order valence-electron chi connectivity index (χ4n) is 2.32. The Balaban J connectivity index is 0.000000847. The summed E-state index contributed by atoms with van der Waals surface area (Å²) in [5.41, 5.74) is 8.87. The molecule has 0 aliphatic carbocycles. The fraction of sp³-hybridized carbons (Fsp3) is 0.235. The van der Waals surface area contributed by atoms with E-state index in [0.29, 0.717) is 21.5 Å². The molecule has 0 saturated carbocycles. The third-order valence-corrected chi connectivity index (χ3v) is 3.55. The minimum absolute atomic E-state index is 0.258. The predicted molar refractivity (Wildman–Crippen MR) is 88.4 cm³/mol. The number of rotatable bonds is 2. The molecular formula is C17H18ClFN2O. The molecule has 116 valence electrons. The van der Waals surface area contributed by atoms with E-state index in [-0.39, 0.29) is 11.9 Å². The van der Waals surface area contributed by atoms with Crippen LogP contribution in [0.15, 0.2) is 41.1 Å². The van der Waals surface area contributed by atoms with Gasteiger partial charge >= 0.3 is 0 Å². The van der Waals surface area contributed by atoms with Crippen LogP contribution >= 0.6 is 11.6 Å². The Morgan fingerprint density at radius 3 is 2.64 bits per heavy atom. The van der Waals surface area contributed by atoms with Gasteiger partial charge in [0.05, 0.1) is 10.4 Å². The Bertz CT molecular complexity index is 783. The Morgan fingerprint density at radius 2 is 2.00 bits per heavy atom. The zero-order chi connectivity index (χ0) is 16.3. The Kier molecular flexibility index (Phi) is 5.16. The first-order chi connectivity index (χ1) is 10.6. The topological polar surface area (TPSA) is 52.0 Å². The van der Waals surface area contributed by atoms with E-state index in [9.17, 15) is 4.39 Å². The maximum Gasteiger partial charge on any atom is 0.133 e. The third kappa shape index (κ3) is 2.98. The van der Waals surface area contributed by atoms with Gasteiger partial charge in [0.25, 0.3) is 0 Å². The van der Waals surface area contributed by atoms with E-state index in [4.69, 9.17) is 21.9 Å². The van der Waals surface area contributed by atoms with Gasteiger partial charge in [0, 0.05) is 11.6 Å². The van der Waals surface area contributed by atoms with Gasteiger partial charge in [0.1, 0.15) is 17.6 Å². The van der Waals surface area contributed by atoms with Gasteiger partial charge in [-0.05, 0) is 36.2 Å². The van der Waals surface area contributed by atoms with Gasteiger partial charge in [-0.3, -0.25) is 0 Å². The summed E-state index contributed by atoms with van der Waals surface area (Å²) < 4.78 is 18.5. The van der Waals surface area contributed by atoms with Crippen LogP contribution in [-0.2, 0) is 0 Å². The van der Waals surface area contributed by atoms with Crippen LogP contribution in [0.3, 0.4) is 0 Å². The van der Waals surface area contributed by atoms with Crippen molar-refractivity contribution >= 4 is 22.5 Å². The average molecular weight is 321 g/mol. The lowest BCUT2D eigenvalue weighted by Crippen LogP contribution is -2.07. The number of benzene rings is 2. The minimum atomic E-state index is -0.315. The van der Waals surface area contributed by atoms with E-state index >= 15 is 0 Å². The van der Waals surface area contributed by atoms with Crippen LogP contribution in [0.4, 0.5) is 4.39 Å². The maximum absolute atomic E-state index is 13.5. The monoisotopic (exact) mass is 320 g/mol. The molecule has 0 spiro atoms. The van der Waals surface area contributed by atoms with Gasteiger partial charge in [-0.25, -0.2) is 4.39 Å². The second-order valence-corrected chi connectivity index (χ2v) is 5.11. The predicted octanol–water partition coefficient (Wildman–Crippen LogP) is 5.33. The number of nitrogens with zero attached hydrogens (tertiary/aromatic N) is 1. The van der Waals surface area contributed by atoms with E-state index in [2.05, 4.69) is 5.16 Å². The molecular weight excluding hydrogens is 303 g/mol. The van der Waals surface area contributed by atoms with Crippen molar-refractivity contribution in [1.82, 2.24) is 5.16 Å². The smallest absolute Gasteiger partial charge is 0.133 e. The molecule has 1 aromatic heterocycles. The van der Waals surface area contributed by atoms with Gasteiger partial charge < -0.3 is 10.3 Å². The van der Waals surface area contributed by atoms with Crippen molar-refractivity contribution in [3.63, 3.8) is 0 Å². The summed E-state index contributed by atoms with van der Waals surface area (Å²) >= 11 is 6.21. The second kappa shape index (κ2) is 6.90. The first-order valence-electron chi connectivity index (χ1n) is 7.16. The molecule has 2 N–H and O–H groups in total. The molecule has 3 rings (SSSR count). The Morgan fingerprint density at radius 1 is 1.27 bits per heavy atom. The van der Waals surface area contributed by atoms with E-state index in [0.717, 1.165) is 11.1 Å². The molecule has 3 nitrogen and oxygen atoms in total. The zero-order valence-corrected chi connectivity index (χ0v) is 13.5. The van der Waals surface area contributed by atoms with Crippen LogP contribution in [0, 0.1) is 5.82 Å². The molecule has 0 radical (unpaired) electrons. The minimum Gasteiger partial charge on any atom is -0.363 e. The molecule has 1 atom stereocenters. The number of fused-ring (bicyclic) bond motifs is 1. The summed E-state index contributed by atoms with van der Waals surface area (Å²) in [6.07, 6.45) is 1.48. The molecule has 1 heterocycles. The van der Waals surface area contributed by atoms with Crippen molar-refractivity contribution in [2.45, 2.75) is 26.8 Å². The SMILES string of the molecule is CC.CC(N)c1cc(Cl)c2conc2c1-c1cccc(F)c1. The number of halogens is 2. The van der Waals surface area contributed by atoms with Crippen molar-refractivity contribution in [2.75, 3.05) is 0 Å². The van der Waals surface area contributed by atoms with Gasteiger partial charge in [0.2, 0.25) is 0 Å². The van der Waals surface area contributed by atoms with Crippen LogP contribution in [0.5, 0.6) is 0 Å². The Labute approximate surface area is 133 Å². The molecule has 0 aliphatic heterocycles. The molecule has 1 unspecified atom stereocenters. The molecule has 0 bridgehead atoms. The van der Waals surface area contributed by atoms with Crippen LogP contribution in [0.25, 0.3) is 22.0 Å². The van der Waals surface area contributed by atoms with E-state index in [1.54, 1.807) is 12.1 Å². The lowest BCUT2D eigenvalue weighted by atomic mass is 9.93. The first-order valence-corrected chi connectivity index (χ1v) is 7.53. The molecule has 0 saturated heterocycles. The average Bonchev–Trinajstić information content (AvgIpc) is 2.99. The van der Waals surface area contributed by atoms with Crippen molar-refractivity contribution < 1.29 is 8.91 Å². The molecule has 0 fully saturated rings. The molecule has 5 heteroatoms. The van der Waals surface area contributed by atoms with Crippen LogP contribution < -0.4 is 5.73 Å². The molecule has 3 aromatic rings. The lowest BCUT2D eigenvalue weighted by Gasteiger charge is -2.14. The highest BCUT2D eigenvalue weighted by molar-refractivity contribution is 6.36.